The van der Waals surface area contributed by atoms with Crippen LogP contribution in [0, 0.1) is 0 Å². The fourth-order valence-corrected chi connectivity index (χ4v) is 5.36. The third-order valence-electron chi connectivity index (χ3n) is 5.45. The third kappa shape index (κ3) is 4.45. The summed E-state index contributed by atoms with van der Waals surface area (Å²) >= 11 is 10.3. The Labute approximate surface area is 204 Å². The van der Waals surface area contributed by atoms with Crippen LogP contribution in [0.25, 0.3) is 23.0 Å². The van der Waals surface area contributed by atoms with Gasteiger partial charge in [-0.3, -0.25) is 9.69 Å². The predicted octanol–water partition coefficient (Wildman–Crippen LogP) is 5.68. The summed E-state index contributed by atoms with van der Waals surface area (Å²) in [5.41, 5.74) is 3.61. The molecule has 5 nitrogen and oxygen atoms in total. The van der Waals surface area contributed by atoms with E-state index in [2.05, 4.69) is 15.9 Å². The second kappa shape index (κ2) is 9.31. The van der Waals surface area contributed by atoms with E-state index in [0.29, 0.717) is 15.8 Å². The molecule has 2 aliphatic rings. The Morgan fingerprint density at radius 3 is 2.69 bits per heavy atom. The fraction of sp³-hybridized carbons (Fsp3) is 0.208. The van der Waals surface area contributed by atoms with Crippen LogP contribution >= 0.6 is 39.9 Å². The Balaban J connectivity index is 1.51. The minimum atomic E-state index is -0.0651. The summed E-state index contributed by atoms with van der Waals surface area (Å²) in [7, 11) is 0. The maximum Gasteiger partial charge on any atom is 0.266 e. The number of carbonyl (C=O) groups excluding carboxylic acids is 1. The molecule has 0 saturated carbocycles. The van der Waals surface area contributed by atoms with E-state index in [4.69, 9.17) is 22.1 Å². The highest BCUT2D eigenvalue weighted by Crippen LogP contribution is 2.35. The first-order valence-electron chi connectivity index (χ1n) is 10.4. The number of thiocarbonyl (C=S) groups is 1. The van der Waals surface area contributed by atoms with Gasteiger partial charge in [0.25, 0.3) is 5.91 Å². The van der Waals surface area contributed by atoms with E-state index in [1.165, 1.54) is 11.8 Å². The van der Waals surface area contributed by atoms with Crippen molar-refractivity contribution < 1.29 is 9.53 Å². The van der Waals surface area contributed by atoms with Crippen LogP contribution in [-0.4, -0.2) is 44.2 Å². The molecule has 3 heterocycles. The first-order valence-corrected chi connectivity index (χ1v) is 12.4. The summed E-state index contributed by atoms with van der Waals surface area (Å²) in [6.45, 7) is 1.27. The summed E-state index contributed by atoms with van der Waals surface area (Å²) in [4.78, 5) is 15.4. The Morgan fingerprint density at radius 1 is 1.19 bits per heavy atom. The number of benzene rings is 2. The topological polar surface area (TPSA) is 47.4 Å². The van der Waals surface area contributed by atoms with E-state index >= 15 is 0 Å². The number of thioether (sulfide) groups is 1. The van der Waals surface area contributed by atoms with Gasteiger partial charge in [0.2, 0.25) is 0 Å². The molecule has 1 atom stereocenters. The van der Waals surface area contributed by atoms with Crippen molar-refractivity contribution in [2.24, 2.45) is 0 Å². The highest BCUT2D eigenvalue weighted by atomic mass is 79.9. The molecule has 1 aromatic heterocycles. The number of amides is 1. The Bertz CT molecular complexity index is 1190. The first kappa shape index (κ1) is 21.6. The van der Waals surface area contributed by atoms with Gasteiger partial charge < -0.3 is 4.74 Å². The van der Waals surface area contributed by atoms with Crippen LogP contribution < -0.4 is 0 Å². The molecule has 1 unspecified atom stereocenters. The number of carbonyl (C=O) groups is 1. The molecule has 0 bridgehead atoms. The maximum absolute atomic E-state index is 13.1. The number of rotatable bonds is 5. The number of aromatic nitrogens is 2. The van der Waals surface area contributed by atoms with Gasteiger partial charge in [0, 0.05) is 28.4 Å². The predicted molar refractivity (Wildman–Crippen MR) is 136 cm³/mol. The van der Waals surface area contributed by atoms with Crippen LogP contribution in [0.5, 0.6) is 0 Å². The molecule has 2 aliphatic heterocycles. The zero-order valence-electron chi connectivity index (χ0n) is 17.1. The minimum absolute atomic E-state index is 0.0651. The summed E-state index contributed by atoms with van der Waals surface area (Å²) in [5, 5.41) is 4.84. The largest absolute Gasteiger partial charge is 0.376 e. The highest BCUT2D eigenvalue weighted by molar-refractivity contribution is 9.10. The van der Waals surface area contributed by atoms with E-state index in [-0.39, 0.29) is 12.0 Å². The summed E-state index contributed by atoms with van der Waals surface area (Å²) in [5.74, 6) is -0.0651. The van der Waals surface area contributed by atoms with Crippen molar-refractivity contribution in [3.63, 3.8) is 0 Å². The SMILES string of the molecule is O=C1C(=Cc2cn(-c3ccccc3)nc2-c2ccc(Br)cc2)SC(=S)N1CC1CCCO1. The van der Waals surface area contributed by atoms with Crippen molar-refractivity contribution >= 4 is 56.2 Å². The van der Waals surface area contributed by atoms with Gasteiger partial charge >= 0.3 is 0 Å². The van der Waals surface area contributed by atoms with Crippen LogP contribution in [0.15, 0.2) is 70.2 Å². The van der Waals surface area contributed by atoms with Crippen molar-refractivity contribution in [3.8, 4) is 16.9 Å². The molecular formula is C24H20BrN3O2S2. The molecule has 0 spiro atoms. The standard InChI is InChI=1S/C24H20BrN3O2S2/c25-18-10-8-16(9-11-18)22-17(14-28(26-22)19-5-2-1-3-6-19)13-21-23(29)27(24(31)32-21)15-20-7-4-12-30-20/h1-3,5-6,8-11,13-14,20H,4,7,12,15H2. The average Bonchev–Trinajstić information content (AvgIpc) is 3.53. The second-order valence-corrected chi connectivity index (χ2v) is 10.2. The lowest BCUT2D eigenvalue weighted by molar-refractivity contribution is -0.123. The molecule has 0 aliphatic carbocycles. The van der Waals surface area contributed by atoms with Gasteiger partial charge in [-0.05, 0) is 43.2 Å². The number of ether oxygens (including phenoxy) is 1. The van der Waals surface area contributed by atoms with Crippen molar-refractivity contribution in [2.45, 2.75) is 18.9 Å². The number of hydrogen-bond donors (Lipinski definition) is 0. The monoisotopic (exact) mass is 525 g/mol. The lowest BCUT2D eigenvalue weighted by atomic mass is 10.1. The van der Waals surface area contributed by atoms with E-state index < -0.39 is 0 Å². The molecule has 32 heavy (non-hydrogen) atoms. The second-order valence-electron chi connectivity index (χ2n) is 7.65. The van der Waals surface area contributed by atoms with Crippen LogP contribution in [0.1, 0.15) is 18.4 Å². The van der Waals surface area contributed by atoms with Gasteiger partial charge in [-0.1, -0.05) is 70.2 Å². The molecule has 162 valence electrons. The van der Waals surface area contributed by atoms with Gasteiger partial charge in [0.1, 0.15) is 4.32 Å². The van der Waals surface area contributed by atoms with Gasteiger partial charge in [-0.2, -0.15) is 5.10 Å². The Kier molecular flexibility index (Phi) is 6.28. The number of hydrogen-bond acceptors (Lipinski definition) is 5. The van der Waals surface area contributed by atoms with E-state index in [0.717, 1.165) is 46.4 Å². The molecule has 8 heteroatoms. The average molecular weight is 526 g/mol. The number of nitrogens with zero attached hydrogens (tertiary/aromatic N) is 3. The quantitative estimate of drug-likeness (QED) is 0.316. The number of para-hydroxylation sites is 1. The lowest BCUT2D eigenvalue weighted by Crippen LogP contribution is -2.35. The summed E-state index contributed by atoms with van der Waals surface area (Å²) in [6.07, 6.45) is 5.92. The third-order valence-corrected chi connectivity index (χ3v) is 7.36. The van der Waals surface area contributed by atoms with Crippen LogP contribution in [0.4, 0.5) is 0 Å². The maximum atomic E-state index is 13.1. The lowest BCUT2D eigenvalue weighted by Gasteiger charge is -2.18. The summed E-state index contributed by atoms with van der Waals surface area (Å²) < 4.78 is 9.13. The zero-order valence-corrected chi connectivity index (χ0v) is 20.3. The van der Waals surface area contributed by atoms with Crippen molar-refractivity contribution in [1.29, 1.82) is 0 Å². The Hall–Kier alpha value is -2.26. The molecule has 2 aromatic carbocycles. The van der Waals surface area contributed by atoms with E-state index in [9.17, 15) is 4.79 Å². The highest BCUT2D eigenvalue weighted by Gasteiger charge is 2.35. The molecule has 3 aromatic rings. The van der Waals surface area contributed by atoms with Gasteiger partial charge in [-0.25, -0.2) is 4.68 Å². The van der Waals surface area contributed by atoms with Gasteiger partial charge in [0.15, 0.2) is 0 Å². The normalized spacial score (nSPS) is 20.0. The Morgan fingerprint density at radius 2 is 1.97 bits per heavy atom. The van der Waals surface area contributed by atoms with E-state index in [1.54, 1.807) is 4.90 Å². The van der Waals surface area contributed by atoms with Gasteiger partial charge in [-0.15, -0.1) is 0 Å². The van der Waals surface area contributed by atoms with E-state index in [1.807, 2.05) is 71.6 Å². The molecule has 2 fully saturated rings. The molecule has 2 saturated heterocycles. The van der Waals surface area contributed by atoms with Crippen molar-refractivity contribution in [3.05, 3.63) is 75.7 Å². The molecule has 0 radical (unpaired) electrons. The van der Waals surface area contributed by atoms with Gasteiger partial charge in [0.05, 0.1) is 28.9 Å². The van der Waals surface area contributed by atoms with Crippen LogP contribution in [-0.2, 0) is 9.53 Å². The smallest absolute Gasteiger partial charge is 0.266 e. The van der Waals surface area contributed by atoms with Crippen LogP contribution in [0.3, 0.4) is 0 Å². The van der Waals surface area contributed by atoms with Crippen molar-refractivity contribution in [1.82, 2.24) is 14.7 Å². The molecular weight excluding hydrogens is 506 g/mol. The molecule has 1 amide bonds. The minimum Gasteiger partial charge on any atom is -0.376 e. The molecule has 5 rings (SSSR count). The summed E-state index contributed by atoms with van der Waals surface area (Å²) in [6, 6.07) is 17.9. The first-order chi connectivity index (χ1) is 15.6. The van der Waals surface area contributed by atoms with Crippen molar-refractivity contribution in [2.75, 3.05) is 13.2 Å². The zero-order chi connectivity index (χ0) is 22.1. The number of halogens is 1. The molecule has 0 N–H and O–H groups in total. The van der Waals surface area contributed by atoms with Crippen LogP contribution in [0.2, 0.25) is 0 Å². The fourth-order valence-electron chi connectivity index (χ4n) is 3.83.